The van der Waals surface area contributed by atoms with Crippen LogP contribution in [0.1, 0.15) is 91.3 Å². The van der Waals surface area contributed by atoms with E-state index >= 15 is 0 Å². The van der Waals surface area contributed by atoms with Crippen LogP contribution in [-0.4, -0.2) is 6.54 Å². The van der Waals surface area contributed by atoms with E-state index in [9.17, 15) is 0 Å². The second-order valence-electron chi connectivity index (χ2n) is 18.2. The summed E-state index contributed by atoms with van der Waals surface area (Å²) in [6, 6.07) is 56.2. The molecule has 0 N–H and O–H groups in total. The number of hydrogen-bond donors (Lipinski definition) is 0. The molecule has 4 aliphatic rings. The molecule has 1 saturated carbocycles. The molecule has 2 nitrogen and oxygen atoms in total. The van der Waals surface area contributed by atoms with Crippen molar-refractivity contribution in [3.05, 3.63) is 220 Å². The Labute approximate surface area is 373 Å². The highest BCUT2D eigenvalue weighted by molar-refractivity contribution is 6.08. The van der Waals surface area contributed by atoms with Crippen LogP contribution in [0.2, 0.25) is 0 Å². The smallest absolute Gasteiger partial charge is 0.0540 e. The molecule has 0 aromatic heterocycles. The molecule has 2 aliphatic heterocycles. The predicted molar refractivity (Wildman–Crippen MR) is 271 cm³/mol. The second kappa shape index (κ2) is 16.4. The molecule has 1 fully saturated rings. The lowest BCUT2D eigenvalue weighted by atomic mass is 9.76. The third-order valence-electron chi connectivity index (χ3n) is 14.2. The van der Waals surface area contributed by atoms with Gasteiger partial charge in [0.25, 0.3) is 0 Å². The summed E-state index contributed by atoms with van der Waals surface area (Å²) < 4.78 is 0. The molecule has 0 amide bonds. The Morgan fingerprint density at radius 1 is 0.540 bits per heavy atom. The van der Waals surface area contributed by atoms with Crippen LogP contribution in [-0.2, 0) is 11.8 Å². The Morgan fingerprint density at radius 3 is 1.94 bits per heavy atom. The molecule has 0 unspecified atom stereocenters. The molecule has 11 rings (SSSR count). The van der Waals surface area contributed by atoms with E-state index in [1.54, 1.807) is 0 Å². The van der Waals surface area contributed by atoms with Gasteiger partial charge in [-0.05, 0) is 136 Å². The van der Waals surface area contributed by atoms with Gasteiger partial charge in [0.1, 0.15) is 0 Å². The lowest BCUT2D eigenvalue weighted by molar-refractivity contribution is 0.490. The van der Waals surface area contributed by atoms with Crippen molar-refractivity contribution in [2.75, 3.05) is 16.3 Å². The lowest BCUT2D eigenvalue weighted by Gasteiger charge is -2.32. The average Bonchev–Trinajstić information content (AvgIpc) is 3.60. The van der Waals surface area contributed by atoms with E-state index < -0.39 is 0 Å². The van der Waals surface area contributed by atoms with Crippen molar-refractivity contribution in [1.82, 2.24) is 0 Å². The van der Waals surface area contributed by atoms with Gasteiger partial charge in [-0.1, -0.05) is 189 Å². The summed E-state index contributed by atoms with van der Waals surface area (Å²) in [5.41, 5.74) is 21.0. The minimum absolute atomic E-state index is 0.172. The topological polar surface area (TPSA) is 6.48 Å². The molecule has 0 atom stereocenters. The minimum atomic E-state index is 0.172. The molecular formula is C61H54N2. The predicted octanol–water partition coefficient (Wildman–Crippen LogP) is 16.5. The van der Waals surface area contributed by atoms with Crippen molar-refractivity contribution in [2.45, 2.75) is 64.2 Å². The Kier molecular flexibility index (Phi) is 10.2. The molecule has 2 aliphatic carbocycles. The summed E-state index contributed by atoms with van der Waals surface area (Å²) in [6.45, 7) is 5.92. The number of fused-ring (bicyclic) bond motifs is 4. The number of para-hydroxylation sites is 3. The number of aryl methyl sites for hydroxylation is 1. The lowest BCUT2D eigenvalue weighted by Crippen LogP contribution is -2.27. The fourth-order valence-electron chi connectivity index (χ4n) is 10.8. The number of allylic oxidation sites excluding steroid dienone is 5. The van der Waals surface area contributed by atoms with Gasteiger partial charge in [0.2, 0.25) is 0 Å². The first-order valence-electron chi connectivity index (χ1n) is 23.1. The molecule has 0 saturated heterocycles. The SMILES string of the molecule is CC1=C(c2ccc(/C=C/c3ccc(-c4ccc(N5c6ccccc6C=Cc6ccccc65)c5ccccc45)cc3)cc2C2(C)CCCC2)C=CC(N2CCCc3ccccc32)=CC1. The maximum Gasteiger partial charge on any atom is 0.0540 e. The molecule has 0 spiro atoms. The Balaban J connectivity index is 0.885. The number of anilines is 4. The van der Waals surface area contributed by atoms with Crippen LogP contribution < -0.4 is 9.80 Å². The molecule has 2 heteroatoms. The van der Waals surface area contributed by atoms with Crippen LogP contribution in [0.5, 0.6) is 0 Å². The second-order valence-corrected chi connectivity index (χ2v) is 18.2. The van der Waals surface area contributed by atoms with Crippen molar-refractivity contribution in [1.29, 1.82) is 0 Å². The molecule has 0 radical (unpaired) electrons. The van der Waals surface area contributed by atoms with E-state index in [1.807, 2.05) is 0 Å². The van der Waals surface area contributed by atoms with E-state index in [4.69, 9.17) is 0 Å². The van der Waals surface area contributed by atoms with Gasteiger partial charge in [0.15, 0.2) is 0 Å². The highest BCUT2D eigenvalue weighted by atomic mass is 15.2. The van der Waals surface area contributed by atoms with E-state index in [0.29, 0.717) is 0 Å². The van der Waals surface area contributed by atoms with Crippen molar-refractivity contribution < 1.29 is 0 Å². The molecule has 7 aromatic carbocycles. The fourth-order valence-corrected chi connectivity index (χ4v) is 10.8. The zero-order valence-corrected chi connectivity index (χ0v) is 36.5. The van der Waals surface area contributed by atoms with Gasteiger partial charge in [-0.3, -0.25) is 0 Å². The number of nitrogens with zero attached hydrogens (tertiary/aromatic N) is 2. The molecule has 2 heterocycles. The third-order valence-corrected chi connectivity index (χ3v) is 14.2. The highest BCUT2D eigenvalue weighted by Crippen LogP contribution is 2.47. The Hall–Kier alpha value is -6.90. The number of rotatable bonds is 7. The van der Waals surface area contributed by atoms with Crippen LogP contribution in [0, 0.1) is 0 Å². The van der Waals surface area contributed by atoms with Crippen LogP contribution in [0.15, 0.2) is 181 Å². The first-order valence-corrected chi connectivity index (χ1v) is 23.1. The summed E-state index contributed by atoms with van der Waals surface area (Å²) in [4.78, 5) is 4.97. The number of hydrogen-bond acceptors (Lipinski definition) is 2. The van der Waals surface area contributed by atoms with Crippen molar-refractivity contribution in [2.24, 2.45) is 0 Å². The van der Waals surface area contributed by atoms with Gasteiger partial charge in [-0.15, -0.1) is 0 Å². The largest absolute Gasteiger partial charge is 0.342 e. The maximum absolute atomic E-state index is 2.54. The summed E-state index contributed by atoms with van der Waals surface area (Å²) in [5, 5.41) is 2.48. The van der Waals surface area contributed by atoms with E-state index in [1.165, 1.54) is 133 Å². The molecular weight excluding hydrogens is 761 g/mol. The standard InChI is InChI=1S/C61H54N2/c1-43-23-33-50(62-41-13-17-47-14-3-8-20-57(47)62)34-36-51(43)54-35-28-45(42-56(54)61(2)39-11-12-40-61)25-24-44-26-29-46(30-27-44)52-37-38-60(55-19-7-6-18-53(52)55)63-58-21-9-4-15-48(58)31-32-49-16-5-10-22-59(49)63/h3-10,14-16,18-22,24-38,42H,11-13,17,23,39-41H2,1-2H3/b25-24+. The van der Waals surface area contributed by atoms with Crippen LogP contribution >= 0.6 is 0 Å². The zero-order valence-electron chi connectivity index (χ0n) is 36.5. The van der Waals surface area contributed by atoms with Crippen molar-refractivity contribution in [3.63, 3.8) is 0 Å². The molecule has 308 valence electrons. The first-order chi connectivity index (χ1) is 31.0. The monoisotopic (exact) mass is 814 g/mol. The maximum atomic E-state index is 2.54. The molecule has 63 heavy (non-hydrogen) atoms. The van der Waals surface area contributed by atoms with Gasteiger partial charge in [-0.2, -0.15) is 0 Å². The molecule has 0 bridgehead atoms. The zero-order chi connectivity index (χ0) is 42.3. The quantitative estimate of drug-likeness (QED) is 0.148. The Morgan fingerprint density at radius 2 is 1.17 bits per heavy atom. The van der Waals surface area contributed by atoms with E-state index in [2.05, 4.69) is 218 Å². The van der Waals surface area contributed by atoms with Gasteiger partial charge in [-0.25, -0.2) is 0 Å². The van der Waals surface area contributed by atoms with Crippen molar-refractivity contribution in [3.8, 4) is 11.1 Å². The van der Waals surface area contributed by atoms with Crippen molar-refractivity contribution >= 4 is 63.4 Å². The minimum Gasteiger partial charge on any atom is -0.342 e. The fraction of sp³-hybridized carbons (Fsp3) is 0.180. The van der Waals surface area contributed by atoms with E-state index in [-0.39, 0.29) is 5.41 Å². The average molecular weight is 815 g/mol. The van der Waals surface area contributed by atoms with Gasteiger partial charge < -0.3 is 9.80 Å². The summed E-state index contributed by atoms with van der Waals surface area (Å²) in [7, 11) is 0. The summed E-state index contributed by atoms with van der Waals surface area (Å²) in [6.07, 6.45) is 24.7. The highest BCUT2D eigenvalue weighted by Gasteiger charge is 2.33. The normalized spacial score (nSPS) is 16.8. The van der Waals surface area contributed by atoms with Crippen LogP contribution in [0.4, 0.5) is 22.7 Å². The first kappa shape index (κ1) is 39.0. The van der Waals surface area contributed by atoms with E-state index in [0.717, 1.165) is 19.4 Å². The van der Waals surface area contributed by atoms with Gasteiger partial charge >= 0.3 is 0 Å². The van der Waals surface area contributed by atoms with Crippen LogP contribution in [0.3, 0.4) is 0 Å². The number of benzene rings is 7. The van der Waals surface area contributed by atoms with Crippen LogP contribution in [0.25, 0.3) is 51.8 Å². The summed E-state index contributed by atoms with van der Waals surface area (Å²) in [5.74, 6) is 0. The van der Waals surface area contributed by atoms with Gasteiger partial charge in [0.05, 0.1) is 17.1 Å². The third kappa shape index (κ3) is 7.28. The van der Waals surface area contributed by atoms with Gasteiger partial charge in [0, 0.05) is 23.3 Å². The Bertz CT molecular complexity index is 2990. The summed E-state index contributed by atoms with van der Waals surface area (Å²) >= 11 is 0. The molecule has 7 aromatic rings.